The van der Waals surface area contributed by atoms with Crippen molar-refractivity contribution in [3.05, 3.63) is 94.4 Å². The minimum absolute atomic E-state index is 0.161. The Labute approximate surface area is 177 Å². The molecule has 28 heavy (non-hydrogen) atoms. The number of benzene rings is 3. The summed E-state index contributed by atoms with van der Waals surface area (Å²) in [7, 11) is 0. The Hall–Kier alpha value is -2.60. The Morgan fingerprint density at radius 1 is 0.929 bits per heavy atom. The van der Waals surface area contributed by atoms with Crippen molar-refractivity contribution in [3.63, 3.8) is 0 Å². The quantitative estimate of drug-likeness (QED) is 0.352. The summed E-state index contributed by atoms with van der Waals surface area (Å²) in [6.45, 7) is 0. The van der Waals surface area contributed by atoms with Crippen LogP contribution in [0.25, 0.3) is 6.08 Å². The van der Waals surface area contributed by atoms with Crippen molar-refractivity contribution in [2.45, 2.75) is 0 Å². The summed E-state index contributed by atoms with van der Waals surface area (Å²) in [5.41, 5.74) is 1.53. The molecule has 0 radical (unpaired) electrons. The number of ether oxygens (including phenoxy) is 1. The van der Waals surface area contributed by atoms with Gasteiger partial charge in [0.05, 0.1) is 10.6 Å². The number of para-hydroxylation sites is 1. The van der Waals surface area contributed by atoms with E-state index in [-0.39, 0.29) is 5.91 Å². The van der Waals surface area contributed by atoms with Crippen LogP contribution in [-0.4, -0.2) is 10.2 Å². The average Bonchev–Trinajstić information content (AvgIpc) is 2.96. The first-order valence-corrected chi connectivity index (χ1v) is 10.1. The van der Waals surface area contributed by atoms with Crippen LogP contribution in [0.4, 0.5) is 5.69 Å². The van der Waals surface area contributed by atoms with Crippen LogP contribution in [0.3, 0.4) is 0 Å². The molecule has 0 N–H and O–H groups in total. The third-order valence-corrected chi connectivity index (χ3v) is 5.53. The molecule has 0 bridgehead atoms. The Kier molecular flexibility index (Phi) is 5.48. The molecule has 1 heterocycles. The predicted octanol–water partition coefficient (Wildman–Crippen LogP) is 6.54. The molecule has 0 saturated carbocycles. The number of hydrogen-bond acceptors (Lipinski definition) is 4. The molecule has 3 nitrogen and oxygen atoms in total. The number of carbonyl (C=O) groups excluding carboxylic acids is 1. The number of halogens is 1. The first-order chi connectivity index (χ1) is 13.6. The van der Waals surface area contributed by atoms with Gasteiger partial charge in [-0.25, -0.2) is 0 Å². The topological polar surface area (TPSA) is 29.5 Å². The van der Waals surface area contributed by atoms with Gasteiger partial charge in [-0.1, -0.05) is 72.0 Å². The minimum atomic E-state index is -0.161. The Bertz CT molecular complexity index is 1080. The molecule has 4 rings (SSSR count). The molecule has 6 heteroatoms. The summed E-state index contributed by atoms with van der Waals surface area (Å²) in [5.74, 6) is 1.30. The van der Waals surface area contributed by atoms with E-state index in [1.807, 2.05) is 66.7 Å². The molecule has 0 spiro atoms. The summed E-state index contributed by atoms with van der Waals surface area (Å²) >= 11 is 12.7. The molecule has 0 aliphatic carbocycles. The lowest BCUT2D eigenvalue weighted by atomic mass is 10.2. The highest BCUT2D eigenvalue weighted by Crippen LogP contribution is 2.37. The van der Waals surface area contributed by atoms with Gasteiger partial charge >= 0.3 is 0 Å². The summed E-state index contributed by atoms with van der Waals surface area (Å²) in [6.07, 6.45) is 1.82. The lowest BCUT2D eigenvalue weighted by molar-refractivity contribution is -0.113. The SMILES string of the molecule is O=C1C(=Cc2cccc(Oc3ccccc3)c2)SC(=S)N1c1cccc(Cl)c1. The number of nitrogens with zero attached hydrogens (tertiary/aromatic N) is 1. The van der Waals surface area contributed by atoms with E-state index in [2.05, 4.69) is 0 Å². The zero-order chi connectivity index (χ0) is 19.5. The van der Waals surface area contributed by atoms with Gasteiger partial charge in [0, 0.05) is 5.02 Å². The molecule has 3 aromatic carbocycles. The van der Waals surface area contributed by atoms with Crippen molar-refractivity contribution in [1.29, 1.82) is 0 Å². The van der Waals surface area contributed by atoms with Gasteiger partial charge in [-0.2, -0.15) is 0 Å². The van der Waals surface area contributed by atoms with E-state index in [1.165, 1.54) is 16.7 Å². The number of amides is 1. The smallest absolute Gasteiger partial charge is 0.270 e. The molecule has 1 fully saturated rings. The average molecular weight is 424 g/mol. The first-order valence-electron chi connectivity index (χ1n) is 8.47. The lowest BCUT2D eigenvalue weighted by Gasteiger charge is -2.14. The second kappa shape index (κ2) is 8.19. The fourth-order valence-electron chi connectivity index (χ4n) is 2.75. The third kappa shape index (κ3) is 4.12. The van der Waals surface area contributed by atoms with Gasteiger partial charge in [0.15, 0.2) is 4.32 Å². The molecule has 3 aromatic rings. The van der Waals surface area contributed by atoms with Gasteiger partial charge in [0.2, 0.25) is 0 Å². The van der Waals surface area contributed by atoms with Gasteiger partial charge < -0.3 is 4.74 Å². The fraction of sp³-hybridized carbons (Fsp3) is 0. The van der Waals surface area contributed by atoms with Crippen molar-refractivity contribution in [2.75, 3.05) is 4.90 Å². The maximum Gasteiger partial charge on any atom is 0.270 e. The Morgan fingerprint density at radius 3 is 2.46 bits per heavy atom. The highest BCUT2D eigenvalue weighted by molar-refractivity contribution is 8.27. The highest BCUT2D eigenvalue weighted by atomic mass is 35.5. The van der Waals surface area contributed by atoms with Crippen LogP contribution in [-0.2, 0) is 4.79 Å². The molecule has 0 unspecified atom stereocenters. The first kappa shape index (κ1) is 18.7. The summed E-state index contributed by atoms with van der Waals surface area (Å²) in [5, 5.41) is 0.557. The van der Waals surface area contributed by atoms with E-state index in [4.69, 9.17) is 28.6 Å². The van der Waals surface area contributed by atoms with Gasteiger partial charge in [-0.05, 0) is 54.1 Å². The monoisotopic (exact) mass is 423 g/mol. The molecule has 1 aliphatic heterocycles. The van der Waals surface area contributed by atoms with Crippen LogP contribution in [0.2, 0.25) is 5.02 Å². The number of thioether (sulfide) groups is 1. The maximum absolute atomic E-state index is 12.9. The van der Waals surface area contributed by atoms with Crippen molar-refractivity contribution in [2.24, 2.45) is 0 Å². The zero-order valence-corrected chi connectivity index (χ0v) is 16.9. The van der Waals surface area contributed by atoms with E-state index in [1.54, 1.807) is 18.2 Å². The molecule has 1 saturated heterocycles. The van der Waals surface area contributed by atoms with E-state index < -0.39 is 0 Å². The summed E-state index contributed by atoms with van der Waals surface area (Å²) < 4.78 is 6.34. The van der Waals surface area contributed by atoms with Crippen LogP contribution < -0.4 is 9.64 Å². The third-order valence-electron chi connectivity index (χ3n) is 3.99. The molecular weight excluding hydrogens is 410 g/mol. The normalized spacial score (nSPS) is 15.3. The Morgan fingerprint density at radius 2 is 1.68 bits per heavy atom. The highest BCUT2D eigenvalue weighted by Gasteiger charge is 2.33. The van der Waals surface area contributed by atoms with Gasteiger partial charge in [0.1, 0.15) is 11.5 Å². The second-order valence-electron chi connectivity index (χ2n) is 5.98. The summed E-state index contributed by atoms with van der Waals surface area (Å²) in [4.78, 5) is 14.9. The van der Waals surface area contributed by atoms with Crippen molar-refractivity contribution in [3.8, 4) is 11.5 Å². The van der Waals surface area contributed by atoms with Crippen LogP contribution in [0.1, 0.15) is 5.56 Å². The number of thiocarbonyl (C=S) groups is 1. The number of rotatable bonds is 4. The van der Waals surface area contributed by atoms with Crippen LogP contribution >= 0.6 is 35.6 Å². The zero-order valence-electron chi connectivity index (χ0n) is 14.5. The molecular formula is C22H14ClNO2S2. The lowest BCUT2D eigenvalue weighted by Crippen LogP contribution is -2.27. The van der Waals surface area contributed by atoms with Gasteiger partial charge in [0.25, 0.3) is 5.91 Å². The van der Waals surface area contributed by atoms with Gasteiger partial charge in [-0.15, -0.1) is 0 Å². The van der Waals surface area contributed by atoms with Crippen LogP contribution in [0, 0.1) is 0 Å². The molecule has 0 aromatic heterocycles. The molecule has 1 amide bonds. The van der Waals surface area contributed by atoms with Crippen LogP contribution in [0.15, 0.2) is 83.8 Å². The van der Waals surface area contributed by atoms with Crippen LogP contribution in [0.5, 0.6) is 11.5 Å². The number of anilines is 1. The maximum atomic E-state index is 12.9. The van der Waals surface area contributed by atoms with Crippen molar-refractivity contribution < 1.29 is 9.53 Å². The van der Waals surface area contributed by atoms with Crippen molar-refractivity contribution >= 4 is 57.6 Å². The molecule has 0 atom stereocenters. The number of carbonyl (C=O) groups is 1. The van der Waals surface area contributed by atoms with Crippen molar-refractivity contribution in [1.82, 2.24) is 0 Å². The number of hydrogen-bond donors (Lipinski definition) is 0. The summed E-state index contributed by atoms with van der Waals surface area (Å²) in [6, 6.07) is 24.2. The fourth-order valence-corrected chi connectivity index (χ4v) is 4.23. The minimum Gasteiger partial charge on any atom is -0.457 e. The van der Waals surface area contributed by atoms with E-state index in [0.717, 1.165) is 11.3 Å². The molecule has 138 valence electrons. The predicted molar refractivity (Wildman–Crippen MR) is 120 cm³/mol. The largest absolute Gasteiger partial charge is 0.457 e. The standard InChI is InChI=1S/C22H14ClNO2S2/c23-16-7-5-8-17(14-16)24-21(25)20(28-22(24)27)13-15-6-4-11-19(12-15)26-18-9-2-1-3-10-18/h1-14H. The van der Waals surface area contributed by atoms with E-state index in [9.17, 15) is 4.79 Å². The second-order valence-corrected chi connectivity index (χ2v) is 8.10. The van der Waals surface area contributed by atoms with E-state index in [0.29, 0.717) is 25.7 Å². The molecule has 1 aliphatic rings. The Balaban J connectivity index is 1.58. The van der Waals surface area contributed by atoms with E-state index >= 15 is 0 Å². The van der Waals surface area contributed by atoms with Gasteiger partial charge in [-0.3, -0.25) is 9.69 Å².